The van der Waals surface area contributed by atoms with Crippen LogP contribution in [0, 0.1) is 0 Å². The quantitative estimate of drug-likeness (QED) is 0.851. The summed E-state index contributed by atoms with van der Waals surface area (Å²) in [5, 5.41) is 3.73. The number of nitrogens with one attached hydrogen (secondary N) is 1. The van der Waals surface area contributed by atoms with Crippen LogP contribution in [0.3, 0.4) is 0 Å². The monoisotopic (exact) mass is 337 g/mol. The lowest BCUT2D eigenvalue weighted by Gasteiger charge is -2.13. The van der Waals surface area contributed by atoms with Gasteiger partial charge in [0.1, 0.15) is 0 Å². The molecule has 0 unspecified atom stereocenters. The normalized spacial score (nSPS) is 11.6. The van der Waals surface area contributed by atoms with Crippen molar-refractivity contribution in [2.24, 2.45) is 0 Å². The van der Waals surface area contributed by atoms with E-state index in [1.54, 1.807) is 36.4 Å². The molecule has 114 valence electrons. The standard InChI is InChI=1S/C16H13Cl2NO3/c1-10(15(20)19-14-8-6-13(18)7-9-14)22-16(21)11-2-4-12(17)5-3-11/h2-10H,1H3,(H,19,20)/t10-/m1/s1. The molecule has 0 fully saturated rings. The van der Waals surface area contributed by atoms with Crippen molar-refractivity contribution in [1.82, 2.24) is 0 Å². The largest absolute Gasteiger partial charge is 0.449 e. The molecule has 2 aromatic carbocycles. The number of hydrogen-bond acceptors (Lipinski definition) is 3. The molecule has 0 aliphatic rings. The maximum Gasteiger partial charge on any atom is 0.338 e. The summed E-state index contributed by atoms with van der Waals surface area (Å²) in [6.07, 6.45) is -0.932. The first-order valence-corrected chi connectivity index (χ1v) is 7.24. The van der Waals surface area contributed by atoms with Crippen LogP contribution in [0.15, 0.2) is 48.5 Å². The highest BCUT2D eigenvalue weighted by Crippen LogP contribution is 2.15. The molecule has 22 heavy (non-hydrogen) atoms. The summed E-state index contributed by atoms with van der Waals surface area (Å²) in [6, 6.07) is 12.9. The zero-order valence-corrected chi connectivity index (χ0v) is 13.2. The van der Waals surface area contributed by atoms with Gasteiger partial charge in [0.15, 0.2) is 6.10 Å². The van der Waals surface area contributed by atoms with E-state index in [1.807, 2.05) is 0 Å². The average molecular weight is 338 g/mol. The fraction of sp³-hybridized carbons (Fsp3) is 0.125. The Balaban J connectivity index is 1.94. The zero-order chi connectivity index (χ0) is 16.1. The van der Waals surface area contributed by atoms with Crippen LogP contribution in [0.5, 0.6) is 0 Å². The third-order valence-corrected chi connectivity index (χ3v) is 3.35. The molecule has 4 nitrogen and oxygen atoms in total. The highest BCUT2D eigenvalue weighted by molar-refractivity contribution is 6.31. The Morgan fingerprint density at radius 1 is 0.955 bits per heavy atom. The fourth-order valence-electron chi connectivity index (χ4n) is 1.65. The summed E-state index contributed by atoms with van der Waals surface area (Å²) in [6.45, 7) is 1.50. The minimum absolute atomic E-state index is 0.329. The molecule has 0 saturated heterocycles. The van der Waals surface area contributed by atoms with E-state index in [-0.39, 0.29) is 0 Å². The topological polar surface area (TPSA) is 55.4 Å². The molecule has 0 saturated carbocycles. The molecule has 0 radical (unpaired) electrons. The van der Waals surface area contributed by atoms with Crippen LogP contribution in [0.2, 0.25) is 10.0 Å². The van der Waals surface area contributed by atoms with Crippen molar-refractivity contribution in [2.75, 3.05) is 5.32 Å². The van der Waals surface area contributed by atoms with Crippen LogP contribution < -0.4 is 5.32 Å². The maximum atomic E-state index is 12.0. The molecular weight excluding hydrogens is 325 g/mol. The molecule has 0 spiro atoms. The summed E-state index contributed by atoms with van der Waals surface area (Å²) in [5.74, 6) is -1.01. The Bertz CT molecular complexity index is 669. The van der Waals surface area contributed by atoms with Crippen molar-refractivity contribution < 1.29 is 14.3 Å². The number of esters is 1. The lowest BCUT2D eigenvalue weighted by atomic mass is 10.2. The molecule has 0 heterocycles. The van der Waals surface area contributed by atoms with Gasteiger partial charge in [0, 0.05) is 15.7 Å². The first kappa shape index (κ1) is 16.3. The van der Waals surface area contributed by atoms with Gasteiger partial charge in [0.25, 0.3) is 5.91 Å². The highest BCUT2D eigenvalue weighted by atomic mass is 35.5. The summed E-state index contributed by atoms with van der Waals surface area (Å²) in [7, 11) is 0. The summed E-state index contributed by atoms with van der Waals surface area (Å²) in [4.78, 5) is 23.9. The molecule has 0 aromatic heterocycles. The number of benzene rings is 2. The molecule has 6 heteroatoms. The van der Waals surface area contributed by atoms with Gasteiger partial charge < -0.3 is 10.1 Å². The minimum Gasteiger partial charge on any atom is -0.449 e. The number of carbonyl (C=O) groups is 2. The van der Waals surface area contributed by atoms with E-state index in [9.17, 15) is 9.59 Å². The molecule has 1 atom stereocenters. The van der Waals surface area contributed by atoms with Gasteiger partial charge in [0.2, 0.25) is 0 Å². The molecular formula is C16H13Cl2NO3. The van der Waals surface area contributed by atoms with E-state index in [0.717, 1.165) is 0 Å². The minimum atomic E-state index is -0.932. The Morgan fingerprint density at radius 2 is 1.45 bits per heavy atom. The molecule has 0 aliphatic heterocycles. The van der Waals surface area contributed by atoms with Crippen molar-refractivity contribution >= 4 is 40.8 Å². The van der Waals surface area contributed by atoms with Gasteiger partial charge in [-0.2, -0.15) is 0 Å². The van der Waals surface area contributed by atoms with E-state index in [0.29, 0.717) is 21.3 Å². The van der Waals surface area contributed by atoms with Crippen molar-refractivity contribution in [1.29, 1.82) is 0 Å². The van der Waals surface area contributed by atoms with Gasteiger partial charge >= 0.3 is 5.97 Å². The number of ether oxygens (including phenoxy) is 1. The van der Waals surface area contributed by atoms with Gasteiger partial charge in [-0.3, -0.25) is 4.79 Å². The Hall–Kier alpha value is -2.04. The first-order chi connectivity index (χ1) is 10.5. The summed E-state index contributed by atoms with van der Waals surface area (Å²) >= 11 is 11.5. The van der Waals surface area contributed by atoms with Crippen molar-refractivity contribution in [3.05, 3.63) is 64.1 Å². The first-order valence-electron chi connectivity index (χ1n) is 6.48. The predicted octanol–water partition coefficient (Wildman–Crippen LogP) is 4.18. The van der Waals surface area contributed by atoms with Crippen LogP contribution in [0.1, 0.15) is 17.3 Å². The Kier molecular flexibility index (Phi) is 5.41. The predicted molar refractivity (Wildman–Crippen MR) is 86.4 cm³/mol. The third kappa shape index (κ3) is 4.48. The lowest BCUT2D eigenvalue weighted by molar-refractivity contribution is -0.123. The van der Waals surface area contributed by atoms with E-state index in [2.05, 4.69) is 5.32 Å². The van der Waals surface area contributed by atoms with Crippen molar-refractivity contribution in [2.45, 2.75) is 13.0 Å². The second-order valence-corrected chi connectivity index (χ2v) is 5.42. The average Bonchev–Trinajstić information content (AvgIpc) is 2.50. The van der Waals surface area contributed by atoms with Crippen molar-refractivity contribution in [3.63, 3.8) is 0 Å². The third-order valence-electron chi connectivity index (χ3n) is 2.84. The van der Waals surface area contributed by atoms with Crippen LogP contribution >= 0.6 is 23.2 Å². The number of halogens is 2. The maximum absolute atomic E-state index is 12.0. The summed E-state index contributed by atoms with van der Waals surface area (Å²) < 4.78 is 5.11. The van der Waals surface area contributed by atoms with E-state index in [1.165, 1.54) is 19.1 Å². The van der Waals surface area contributed by atoms with Crippen LogP contribution in [-0.4, -0.2) is 18.0 Å². The fourth-order valence-corrected chi connectivity index (χ4v) is 1.90. The Labute approximate surface area is 138 Å². The molecule has 2 aromatic rings. The SMILES string of the molecule is C[C@@H](OC(=O)c1ccc(Cl)cc1)C(=O)Nc1ccc(Cl)cc1. The number of carbonyl (C=O) groups excluding carboxylic acids is 2. The molecule has 1 amide bonds. The zero-order valence-electron chi connectivity index (χ0n) is 11.7. The van der Waals surface area contributed by atoms with Crippen LogP contribution in [-0.2, 0) is 9.53 Å². The number of anilines is 1. The molecule has 0 bridgehead atoms. The van der Waals surface area contributed by atoms with E-state index < -0.39 is 18.0 Å². The number of rotatable bonds is 4. The lowest BCUT2D eigenvalue weighted by Crippen LogP contribution is -2.29. The Morgan fingerprint density at radius 3 is 2.00 bits per heavy atom. The van der Waals surface area contributed by atoms with Gasteiger partial charge in [0.05, 0.1) is 5.56 Å². The van der Waals surface area contributed by atoms with Crippen molar-refractivity contribution in [3.8, 4) is 0 Å². The smallest absolute Gasteiger partial charge is 0.338 e. The highest BCUT2D eigenvalue weighted by Gasteiger charge is 2.19. The van der Waals surface area contributed by atoms with E-state index >= 15 is 0 Å². The van der Waals surface area contributed by atoms with E-state index in [4.69, 9.17) is 27.9 Å². The van der Waals surface area contributed by atoms with Gasteiger partial charge in [-0.15, -0.1) is 0 Å². The second-order valence-electron chi connectivity index (χ2n) is 4.55. The summed E-state index contributed by atoms with van der Waals surface area (Å²) in [5.41, 5.74) is 0.902. The number of hydrogen-bond donors (Lipinski definition) is 1. The molecule has 1 N–H and O–H groups in total. The van der Waals surface area contributed by atoms with Crippen LogP contribution in [0.25, 0.3) is 0 Å². The number of amides is 1. The molecule has 2 rings (SSSR count). The van der Waals surface area contributed by atoms with Crippen LogP contribution in [0.4, 0.5) is 5.69 Å². The van der Waals surface area contributed by atoms with Gasteiger partial charge in [-0.1, -0.05) is 23.2 Å². The van der Waals surface area contributed by atoms with Gasteiger partial charge in [-0.05, 0) is 55.5 Å². The molecule has 0 aliphatic carbocycles. The second kappa shape index (κ2) is 7.29. The van der Waals surface area contributed by atoms with Gasteiger partial charge in [-0.25, -0.2) is 4.79 Å².